The summed E-state index contributed by atoms with van der Waals surface area (Å²) in [5, 5.41) is 0. The van der Waals surface area contributed by atoms with Crippen LogP contribution in [0.15, 0.2) is 54.7 Å². The topological polar surface area (TPSA) is 42.4 Å². The number of pyridine rings is 1. The van der Waals surface area contributed by atoms with Crippen LogP contribution in [0.5, 0.6) is 0 Å². The van der Waals surface area contributed by atoms with Crippen LogP contribution in [0.1, 0.15) is 37.1 Å². The highest BCUT2D eigenvalue weighted by molar-refractivity contribution is 5.79. The summed E-state index contributed by atoms with van der Waals surface area (Å²) in [6, 6.07) is 16.0. The molecule has 1 fully saturated rings. The molecule has 0 radical (unpaired) electrons. The standard InChI is InChI=1S/C20H24N2O2/c1-16(19-9-5-6-12-21-19)22(15-17-7-3-2-4-8-17)20(23)18-10-13-24-14-11-18/h2-9,12,16,18H,10-11,13-15H2,1H3. The molecule has 1 aromatic carbocycles. The molecule has 1 unspecified atom stereocenters. The van der Waals surface area contributed by atoms with Gasteiger partial charge in [-0.25, -0.2) is 0 Å². The Morgan fingerprint density at radius 3 is 2.54 bits per heavy atom. The van der Waals surface area contributed by atoms with Crippen molar-refractivity contribution < 1.29 is 9.53 Å². The second kappa shape index (κ2) is 8.06. The molecular formula is C20H24N2O2. The van der Waals surface area contributed by atoms with Crippen molar-refractivity contribution in [1.82, 2.24) is 9.88 Å². The van der Waals surface area contributed by atoms with Crippen molar-refractivity contribution >= 4 is 5.91 Å². The zero-order valence-corrected chi connectivity index (χ0v) is 14.1. The van der Waals surface area contributed by atoms with Crippen molar-refractivity contribution in [2.24, 2.45) is 5.92 Å². The summed E-state index contributed by atoms with van der Waals surface area (Å²) in [4.78, 5) is 19.6. The fraction of sp³-hybridized carbons (Fsp3) is 0.400. The third-order valence-corrected chi connectivity index (χ3v) is 4.63. The number of benzene rings is 1. The summed E-state index contributed by atoms with van der Waals surface area (Å²) < 4.78 is 5.41. The van der Waals surface area contributed by atoms with Gasteiger partial charge in [-0.15, -0.1) is 0 Å². The van der Waals surface area contributed by atoms with Gasteiger partial charge >= 0.3 is 0 Å². The van der Waals surface area contributed by atoms with E-state index in [1.165, 1.54) is 0 Å². The van der Waals surface area contributed by atoms with Crippen LogP contribution in [0.4, 0.5) is 0 Å². The molecule has 1 aliphatic heterocycles. The molecule has 1 atom stereocenters. The van der Waals surface area contributed by atoms with Crippen LogP contribution in [-0.2, 0) is 16.1 Å². The van der Waals surface area contributed by atoms with Crippen molar-refractivity contribution in [3.63, 3.8) is 0 Å². The molecule has 0 bridgehead atoms. The molecule has 0 spiro atoms. The van der Waals surface area contributed by atoms with Crippen LogP contribution in [0.3, 0.4) is 0 Å². The van der Waals surface area contributed by atoms with Gasteiger partial charge in [0.2, 0.25) is 5.91 Å². The molecule has 24 heavy (non-hydrogen) atoms. The lowest BCUT2D eigenvalue weighted by atomic mass is 9.97. The van der Waals surface area contributed by atoms with E-state index in [1.54, 1.807) is 6.20 Å². The lowest BCUT2D eigenvalue weighted by Crippen LogP contribution is -2.39. The van der Waals surface area contributed by atoms with Crippen molar-refractivity contribution in [2.45, 2.75) is 32.4 Å². The van der Waals surface area contributed by atoms with Crippen molar-refractivity contribution in [1.29, 1.82) is 0 Å². The van der Waals surface area contributed by atoms with Gasteiger partial charge in [-0.2, -0.15) is 0 Å². The first-order valence-corrected chi connectivity index (χ1v) is 8.59. The molecule has 4 nitrogen and oxygen atoms in total. The van der Waals surface area contributed by atoms with Gasteiger partial charge in [0.1, 0.15) is 0 Å². The van der Waals surface area contributed by atoms with E-state index in [0.29, 0.717) is 19.8 Å². The molecule has 1 aliphatic rings. The number of aromatic nitrogens is 1. The van der Waals surface area contributed by atoms with Gasteiger partial charge in [0, 0.05) is 31.9 Å². The van der Waals surface area contributed by atoms with Gasteiger partial charge in [-0.1, -0.05) is 36.4 Å². The predicted octanol–water partition coefficient (Wildman–Crippen LogP) is 3.60. The Hall–Kier alpha value is -2.20. The van der Waals surface area contributed by atoms with Crippen molar-refractivity contribution in [3.8, 4) is 0 Å². The molecule has 1 amide bonds. The van der Waals surface area contributed by atoms with E-state index >= 15 is 0 Å². The van der Waals surface area contributed by atoms with Gasteiger partial charge < -0.3 is 9.64 Å². The SMILES string of the molecule is CC(c1ccccn1)N(Cc1ccccc1)C(=O)C1CCOCC1. The fourth-order valence-electron chi connectivity index (χ4n) is 3.15. The van der Waals surface area contributed by atoms with Crippen LogP contribution >= 0.6 is 0 Å². The number of rotatable bonds is 5. The van der Waals surface area contributed by atoms with Crippen LogP contribution in [0, 0.1) is 5.92 Å². The molecular weight excluding hydrogens is 300 g/mol. The molecule has 2 aromatic rings. The number of hydrogen-bond acceptors (Lipinski definition) is 3. The maximum atomic E-state index is 13.2. The Labute approximate surface area is 143 Å². The summed E-state index contributed by atoms with van der Waals surface area (Å²) >= 11 is 0. The lowest BCUT2D eigenvalue weighted by molar-refractivity contribution is -0.141. The van der Waals surface area contributed by atoms with Gasteiger partial charge in [-0.3, -0.25) is 9.78 Å². The normalized spacial score (nSPS) is 16.5. The first-order chi connectivity index (χ1) is 11.8. The predicted molar refractivity (Wildman–Crippen MR) is 93.2 cm³/mol. The molecule has 1 aromatic heterocycles. The van der Waals surface area contributed by atoms with Gasteiger partial charge in [0.15, 0.2) is 0 Å². The van der Waals surface area contributed by atoms with Gasteiger partial charge in [-0.05, 0) is 37.5 Å². The lowest BCUT2D eigenvalue weighted by Gasteiger charge is -2.33. The van der Waals surface area contributed by atoms with E-state index in [9.17, 15) is 4.79 Å². The summed E-state index contributed by atoms with van der Waals surface area (Å²) in [5.74, 6) is 0.258. The Morgan fingerprint density at radius 2 is 1.88 bits per heavy atom. The minimum absolute atomic E-state index is 0.0497. The van der Waals surface area contributed by atoms with E-state index in [4.69, 9.17) is 4.74 Å². The third-order valence-electron chi connectivity index (χ3n) is 4.63. The van der Waals surface area contributed by atoms with E-state index in [0.717, 1.165) is 24.1 Å². The zero-order chi connectivity index (χ0) is 16.8. The average molecular weight is 324 g/mol. The number of carbonyl (C=O) groups excluding carboxylic acids is 1. The van der Waals surface area contributed by atoms with Crippen molar-refractivity contribution in [2.75, 3.05) is 13.2 Å². The highest BCUT2D eigenvalue weighted by Gasteiger charge is 2.30. The molecule has 3 rings (SSSR count). The summed E-state index contributed by atoms with van der Waals surface area (Å²) in [6.07, 6.45) is 3.39. The van der Waals surface area contributed by atoms with Crippen molar-refractivity contribution in [3.05, 3.63) is 66.0 Å². The first-order valence-electron chi connectivity index (χ1n) is 8.59. The van der Waals surface area contributed by atoms with E-state index in [-0.39, 0.29) is 17.9 Å². The van der Waals surface area contributed by atoms with Gasteiger partial charge in [0.25, 0.3) is 0 Å². The number of carbonyl (C=O) groups is 1. The number of amides is 1. The van der Waals surface area contributed by atoms with E-state index in [2.05, 4.69) is 24.0 Å². The summed E-state index contributed by atoms with van der Waals surface area (Å²) in [7, 11) is 0. The fourth-order valence-corrected chi connectivity index (χ4v) is 3.15. The van der Waals surface area contributed by atoms with E-state index in [1.807, 2.05) is 41.3 Å². The highest BCUT2D eigenvalue weighted by atomic mass is 16.5. The van der Waals surface area contributed by atoms with Crippen LogP contribution in [0.25, 0.3) is 0 Å². The maximum absolute atomic E-state index is 13.2. The molecule has 4 heteroatoms. The minimum Gasteiger partial charge on any atom is -0.381 e. The molecule has 0 aliphatic carbocycles. The van der Waals surface area contributed by atoms with Crippen LogP contribution in [0.2, 0.25) is 0 Å². The first kappa shape index (κ1) is 16.7. The van der Waals surface area contributed by atoms with Gasteiger partial charge in [0.05, 0.1) is 11.7 Å². The van der Waals surface area contributed by atoms with Crippen LogP contribution < -0.4 is 0 Å². The largest absolute Gasteiger partial charge is 0.381 e. The molecule has 1 saturated heterocycles. The smallest absolute Gasteiger partial charge is 0.226 e. The molecule has 0 N–H and O–H groups in total. The minimum atomic E-state index is -0.0539. The zero-order valence-electron chi connectivity index (χ0n) is 14.1. The Kier molecular flexibility index (Phi) is 5.59. The average Bonchev–Trinajstić information content (AvgIpc) is 2.67. The number of ether oxygens (including phenoxy) is 1. The molecule has 0 saturated carbocycles. The second-order valence-corrected chi connectivity index (χ2v) is 6.27. The monoisotopic (exact) mass is 324 g/mol. The molecule has 2 heterocycles. The van der Waals surface area contributed by atoms with E-state index < -0.39 is 0 Å². The molecule has 126 valence electrons. The quantitative estimate of drug-likeness (QED) is 0.844. The number of nitrogens with zero attached hydrogens (tertiary/aromatic N) is 2. The number of hydrogen-bond donors (Lipinski definition) is 0. The third kappa shape index (κ3) is 4.01. The Balaban J connectivity index is 1.83. The Bertz CT molecular complexity index is 639. The highest BCUT2D eigenvalue weighted by Crippen LogP contribution is 2.26. The second-order valence-electron chi connectivity index (χ2n) is 6.27. The summed E-state index contributed by atoms with van der Waals surface area (Å²) in [5.41, 5.74) is 2.06. The Morgan fingerprint density at radius 1 is 1.17 bits per heavy atom. The maximum Gasteiger partial charge on any atom is 0.226 e. The van der Waals surface area contributed by atoms with Crippen LogP contribution in [-0.4, -0.2) is 29.0 Å². The summed E-state index contributed by atoms with van der Waals surface area (Å²) in [6.45, 7) is 4.01.